The van der Waals surface area contributed by atoms with E-state index in [0.717, 1.165) is 15.9 Å². The molecule has 0 amide bonds. The highest BCUT2D eigenvalue weighted by molar-refractivity contribution is 9.10. The summed E-state index contributed by atoms with van der Waals surface area (Å²) in [6, 6.07) is 12.9. The lowest BCUT2D eigenvalue weighted by Crippen LogP contribution is -2.07. The molecule has 2 aromatic carbocycles. The molecule has 0 spiro atoms. The molecular weight excluding hydrogens is 314 g/mol. The monoisotopic (exact) mass is 333 g/mol. The summed E-state index contributed by atoms with van der Waals surface area (Å²) in [5.74, 6) is 0.842. The SMILES string of the molecule is COc1ccc(NC(C)c2cc(C)cc(C)c2)cc1Br. The molecular formula is C17H20BrNO. The molecule has 0 heterocycles. The molecule has 2 nitrogen and oxygen atoms in total. The second kappa shape index (κ2) is 6.31. The second-order valence-electron chi connectivity index (χ2n) is 5.14. The van der Waals surface area contributed by atoms with Crippen molar-refractivity contribution in [1.29, 1.82) is 0 Å². The first-order valence-corrected chi connectivity index (χ1v) is 7.47. The van der Waals surface area contributed by atoms with Crippen molar-refractivity contribution < 1.29 is 4.74 Å². The van der Waals surface area contributed by atoms with Crippen LogP contribution in [-0.2, 0) is 0 Å². The van der Waals surface area contributed by atoms with Crippen LogP contribution in [0.5, 0.6) is 5.75 Å². The third-order valence-electron chi connectivity index (χ3n) is 3.28. The first-order chi connectivity index (χ1) is 9.49. The van der Waals surface area contributed by atoms with Gasteiger partial charge in [0.1, 0.15) is 5.75 Å². The maximum Gasteiger partial charge on any atom is 0.133 e. The van der Waals surface area contributed by atoms with Crippen LogP contribution in [-0.4, -0.2) is 7.11 Å². The summed E-state index contributed by atoms with van der Waals surface area (Å²) in [4.78, 5) is 0. The summed E-state index contributed by atoms with van der Waals surface area (Å²) in [6.45, 7) is 6.44. The number of anilines is 1. The lowest BCUT2D eigenvalue weighted by Gasteiger charge is -2.18. The Morgan fingerprint density at radius 1 is 1.05 bits per heavy atom. The van der Waals surface area contributed by atoms with Crippen LogP contribution in [0.3, 0.4) is 0 Å². The van der Waals surface area contributed by atoms with Crippen molar-refractivity contribution >= 4 is 21.6 Å². The molecule has 0 aliphatic rings. The van der Waals surface area contributed by atoms with Gasteiger partial charge in [0.15, 0.2) is 0 Å². The van der Waals surface area contributed by atoms with Crippen molar-refractivity contribution in [3.05, 3.63) is 57.6 Å². The minimum Gasteiger partial charge on any atom is -0.496 e. The van der Waals surface area contributed by atoms with Gasteiger partial charge in [0, 0.05) is 11.7 Å². The lowest BCUT2D eigenvalue weighted by molar-refractivity contribution is 0.412. The van der Waals surface area contributed by atoms with Crippen LogP contribution >= 0.6 is 15.9 Å². The molecule has 0 aliphatic heterocycles. The van der Waals surface area contributed by atoms with Crippen LogP contribution in [0.25, 0.3) is 0 Å². The quantitative estimate of drug-likeness (QED) is 0.825. The van der Waals surface area contributed by atoms with Crippen molar-refractivity contribution in [2.24, 2.45) is 0 Å². The van der Waals surface area contributed by atoms with Gasteiger partial charge in [-0.05, 0) is 60.5 Å². The first kappa shape index (κ1) is 14.9. The van der Waals surface area contributed by atoms with Crippen LogP contribution in [0, 0.1) is 13.8 Å². The van der Waals surface area contributed by atoms with E-state index in [0.29, 0.717) is 0 Å². The molecule has 2 rings (SSSR count). The van der Waals surface area contributed by atoms with Gasteiger partial charge in [-0.15, -0.1) is 0 Å². The zero-order valence-corrected chi connectivity index (χ0v) is 13.9. The van der Waals surface area contributed by atoms with Gasteiger partial charge in [-0.2, -0.15) is 0 Å². The number of hydrogen-bond donors (Lipinski definition) is 1. The highest BCUT2D eigenvalue weighted by Crippen LogP contribution is 2.29. The Labute approximate surface area is 129 Å². The molecule has 1 N–H and O–H groups in total. The van der Waals surface area contributed by atoms with E-state index in [1.165, 1.54) is 16.7 Å². The van der Waals surface area contributed by atoms with Crippen LogP contribution < -0.4 is 10.1 Å². The van der Waals surface area contributed by atoms with Gasteiger partial charge in [-0.3, -0.25) is 0 Å². The Morgan fingerprint density at radius 3 is 2.25 bits per heavy atom. The lowest BCUT2D eigenvalue weighted by atomic mass is 10.0. The van der Waals surface area contributed by atoms with E-state index in [-0.39, 0.29) is 6.04 Å². The van der Waals surface area contributed by atoms with Crippen LogP contribution in [0.1, 0.15) is 29.7 Å². The Morgan fingerprint density at radius 2 is 1.70 bits per heavy atom. The number of halogens is 1. The summed E-state index contributed by atoms with van der Waals surface area (Å²) in [5, 5.41) is 3.52. The number of rotatable bonds is 4. The standard InChI is InChI=1S/C17H20BrNO/c1-11-7-12(2)9-14(8-11)13(3)19-15-5-6-17(20-4)16(18)10-15/h5-10,13,19H,1-4H3. The van der Waals surface area contributed by atoms with E-state index in [9.17, 15) is 0 Å². The predicted molar refractivity (Wildman–Crippen MR) is 88.6 cm³/mol. The fourth-order valence-corrected chi connectivity index (χ4v) is 2.89. The molecule has 0 radical (unpaired) electrons. The zero-order chi connectivity index (χ0) is 14.7. The molecule has 1 atom stereocenters. The normalized spacial score (nSPS) is 12.1. The summed E-state index contributed by atoms with van der Waals surface area (Å²) in [7, 11) is 1.67. The van der Waals surface area contributed by atoms with E-state index >= 15 is 0 Å². The Hall–Kier alpha value is -1.48. The minimum atomic E-state index is 0.258. The Balaban J connectivity index is 2.18. The number of methoxy groups -OCH3 is 1. The van der Waals surface area contributed by atoms with E-state index in [2.05, 4.69) is 60.2 Å². The van der Waals surface area contributed by atoms with E-state index in [1.54, 1.807) is 7.11 Å². The summed E-state index contributed by atoms with van der Waals surface area (Å²) < 4.78 is 6.20. The van der Waals surface area contributed by atoms with Gasteiger partial charge in [0.2, 0.25) is 0 Å². The van der Waals surface area contributed by atoms with E-state index in [1.807, 2.05) is 18.2 Å². The molecule has 0 aliphatic carbocycles. The topological polar surface area (TPSA) is 21.3 Å². The van der Waals surface area contributed by atoms with E-state index < -0.39 is 0 Å². The number of hydrogen-bond acceptors (Lipinski definition) is 2. The summed E-state index contributed by atoms with van der Waals surface area (Å²) >= 11 is 3.51. The Kier molecular flexibility index (Phi) is 4.71. The maximum atomic E-state index is 5.25. The molecule has 0 fully saturated rings. The molecule has 0 saturated heterocycles. The van der Waals surface area contributed by atoms with Crippen molar-refractivity contribution in [1.82, 2.24) is 0 Å². The van der Waals surface area contributed by atoms with Crippen LogP contribution in [0.2, 0.25) is 0 Å². The highest BCUT2D eigenvalue weighted by Gasteiger charge is 2.08. The number of aryl methyl sites for hydroxylation is 2. The molecule has 20 heavy (non-hydrogen) atoms. The summed E-state index contributed by atoms with van der Waals surface area (Å²) in [5.41, 5.74) is 4.97. The van der Waals surface area contributed by atoms with Crippen molar-refractivity contribution in [3.63, 3.8) is 0 Å². The molecule has 0 aromatic heterocycles. The average Bonchev–Trinajstić information content (AvgIpc) is 2.37. The largest absolute Gasteiger partial charge is 0.496 e. The van der Waals surface area contributed by atoms with Gasteiger partial charge in [-0.25, -0.2) is 0 Å². The Bertz CT molecular complexity index is 590. The van der Waals surface area contributed by atoms with Crippen molar-refractivity contribution in [2.75, 3.05) is 12.4 Å². The third-order valence-corrected chi connectivity index (χ3v) is 3.90. The zero-order valence-electron chi connectivity index (χ0n) is 12.3. The fourth-order valence-electron chi connectivity index (χ4n) is 2.35. The second-order valence-corrected chi connectivity index (χ2v) is 5.99. The molecule has 1 unspecified atom stereocenters. The van der Waals surface area contributed by atoms with E-state index in [4.69, 9.17) is 4.74 Å². The van der Waals surface area contributed by atoms with Crippen LogP contribution in [0.15, 0.2) is 40.9 Å². The fraction of sp³-hybridized carbons (Fsp3) is 0.294. The molecule has 3 heteroatoms. The predicted octanol–water partition coefficient (Wildman–Crippen LogP) is 5.25. The molecule has 2 aromatic rings. The van der Waals surface area contributed by atoms with Gasteiger partial charge in [0.05, 0.1) is 11.6 Å². The molecule has 0 bridgehead atoms. The van der Waals surface area contributed by atoms with Crippen LogP contribution in [0.4, 0.5) is 5.69 Å². The molecule has 0 saturated carbocycles. The average molecular weight is 334 g/mol. The minimum absolute atomic E-state index is 0.258. The number of ether oxygens (including phenoxy) is 1. The highest BCUT2D eigenvalue weighted by atomic mass is 79.9. The van der Waals surface area contributed by atoms with Gasteiger partial charge in [0.25, 0.3) is 0 Å². The van der Waals surface area contributed by atoms with Gasteiger partial charge in [-0.1, -0.05) is 29.3 Å². The number of benzene rings is 2. The van der Waals surface area contributed by atoms with Gasteiger partial charge >= 0.3 is 0 Å². The van der Waals surface area contributed by atoms with Crippen molar-refractivity contribution in [2.45, 2.75) is 26.8 Å². The molecule has 106 valence electrons. The third kappa shape index (κ3) is 3.54. The maximum absolute atomic E-state index is 5.25. The van der Waals surface area contributed by atoms with Gasteiger partial charge < -0.3 is 10.1 Å². The van der Waals surface area contributed by atoms with Crippen molar-refractivity contribution in [3.8, 4) is 5.75 Å². The number of nitrogens with one attached hydrogen (secondary N) is 1. The summed E-state index contributed by atoms with van der Waals surface area (Å²) in [6.07, 6.45) is 0. The first-order valence-electron chi connectivity index (χ1n) is 6.68. The smallest absolute Gasteiger partial charge is 0.133 e.